The van der Waals surface area contributed by atoms with Gasteiger partial charge in [-0.05, 0) is 44.4 Å². The molecule has 19 heavy (non-hydrogen) atoms. The summed E-state index contributed by atoms with van der Waals surface area (Å²) in [7, 11) is 0. The minimum atomic E-state index is -0.686. The van der Waals surface area contributed by atoms with Crippen LogP contribution in [0.2, 0.25) is 0 Å². The fourth-order valence-corrected chi connectivity index (χ4v) is 2.30. The van der Waals surface area contributed by atoms with Gasteiger partial charge in [-0.2, -0.15) is 0 Å². The Morgan fingerprint density at radius 2 is 1.89 bits per heavy atom. The number of rotatable bonds is 0. The van der Waals surface area contributed by atoms with E-state index in [2.05, 4.69) is 0 Å². The molecule has 0 saturated carbocycles. The van der Waals surface area contributed by atoms with Crippen molar-refractivity contribution in [1.82, 2.24) is 0 Å². The topological polar surface area (TPSA) is 43.4 Å². The van der Waals surface area contributed by atoms with E-state index in [0.717, 1.165) is 5.57 Å². The minimum Gasteiger partial charge on any atom is -0.451 e. The van der Waals surface area contributed by atoms with Crippen LogP contribution in [0.1, 0.15) is 40.5 Å². The van der Waals surface area contributed by atoms with Gasteiger partial charge in [0.05, 0.1) is 0 Å². The van der Waals surface area contributed by atoms with Crippen molar-refractivity contribution in [1.29, 1.82) is 0 Å². The van der Waals surface area contributed by atoms with E-state index in [-0.39, 0.29) is 11.8 Å². The third-order valence-corrected chi connectivity index (χ3v) is 4.20. The maximum absolute atomic E-state index is 11.9. The molecule has 0 amide bonds. The Morgan fingerprint density at radius 1 is 1.21 bits per heavy atom. The van der Waals surface area contributed by atoms with Crippen LogP contribution in [0.15, 0.2) is 35.5 Å². The Hall–Kier alpha value is -1.64. The number of esters is 1. The summed E-state index contributed by atoms with van der Waals surface area (Å²) in [4.78, 5) is 23.8. The number of hydrogen-bond acceptors (Lipinski definition) is 3. The van der Waals surface area contributed by atoms with Crippen molar-refractivity contribution in [2.24, 2.45) is 5.41 Å². The van der Waals surface area contributed by atoms with Crippen molar-refractivity contribution in [2.45, 2.75) is 46.1 Å². The highest BCUT2D eigenvalue weighted by atomic mass is 16.6. The van der Waals surface area contributed by atoms with Gasteiger partial charge in [0.15, 0.2) is 5.78 Å². The van der Waals surface area contributed by atoms with E-state index in [1.54, 1.807) is 6.08 Å². The zero-order valence-electron chi connectivity index (χ0n) is 11.9. The zero-order valence-corrected chi connectivity index (χ0v) is 11.9. The average Bonchev–Trinajstić information content (AvgIpc) is 2.62. The molecule has 0 unspecified atom stereocenters. The molecule has 1 aliphatic heterocycles. The van der Waals surface area contributed by atoms with Crippen molar-refractivity contribution in [2.75, 3.05) is 0 Å². The molecule has 0 spiro atoms. The number of carbonyl (C=O) groups is 2. The van der Waals surface area contributed by atoms with Crippen LogP contribution in [0.3, 0.4) is 0 Å². The molecule has 2 aliphatic rings. The van der Waals surface area contributed by atoms with Crippen LogP contribution in [0, 0.1) is 5.41 Å². The lowest BCUT2D eigenvalue weighted by Gasteiger charge is -2.36. The first-order chi connectivity index (χ1) is 8.75. The number of allylic oxidation sites excluding steroid dienone is 3. The van der Waals surface area contributed by atoms with Gasteiger partial charge in [0.1, 0.15) is 5.60 Å². The van der Waals surface area contributed by atoms with Gasteiger partial charge in [-0.1, -0.05) is 26.0 Å². The lowest BCUT2D eigenvalue weighted by atomic mass is 9.75. The van der Waals surface area contributed by atoms with Crippen LogP contribution >= 0.6 is 0 Å². The summed E-state index contributed by atoms with van der Waals surface area (Å²) in [5.74, 6) is -0.215. The number of carbonyl (C=O) groups excluding carboxylic acids is 2. The van der Waals surface area contributed by atoms with Gasteiger partial charge in [-0.15, -0.1) is 0 Å². The van der Waals surface area contributed by atoms with Gasteiger partial charge in [0.2, 0.25) is 0 Å². The van der Waals surface area contributed by atoms with E-state index in [1.165, 1.54) is 0 Å². The number of hydrogen-bond donors (Lipinski definition) is 0. The minimum absolute atomic E-state index is 0.0192. The van der Waals surface area contributed by atoms with Crippen LogP contribution in [0.4, 0.5) is 0 Å². The fourth-order valence-electron chi connectivity index (χ4n) is 2.30. The second kappa shape index (κ2) is 4.48. The van der Waals surface area contributed by atoms with Crippen LogP contribution in [0.25, 0.3) is 0 Å². The maximum atomic E-state index is 11.9. The quantitative estimate of drug-likeness (QED) is 0.628. The smallest absolute Gasteiger partial charge is 0.334 e. The van der Waals surface area contributed by atoms with E-state index in [4.69, 9.17) is 4.74 Å². The SMILES string of the molecule is C/C1=C/CCC2=C[C@](C)(OC2=O)C(C)(C)/C=C/C1=O. The summed E-state index contributed by atoms with van der Waals surface area (Å²) in [5, 5.41) is 0. The van der Waals surface area contributed by atoms with Gasteiger partial charge in [0, 0.05) is 11.0 Å². The molecule has 2 bridgehead atoms. The lowest BCUT2D eigenvalue weighted by Crippen LogP contribution is -2.40. The Morgan fingerprint density at radius 3 is 2.58 bits per heavy atom. The summed E-state index contributed by atoms with van der Waals surface area (Å²) in [6.45, 7) is 7.65. The Bertz CT molecular complexity index is 520. The number of fused-ring (bicyclic) bond motifs is 1. The summed E-state index contributed by atoms with van der Waals surface area (Å²) in [5.41, 5.74) is 0.324. The van der Waals surface area contributed by atoms with E-state index in [0.29, 0.717) is 18.4 Å². The first-order valence-corrected chi connectivity index (χ1v) is 6.61. The summed E-state index contributed by atoms with van der Waals surface area (Å²) in [6, 6.07) is 0. The highest BCUT2D eigenvalue weighted by molar-refractivity contribution is 6.03. The highest BCUT2D eigenvalue weighted by Crippen LogP contribution is 2.42. The predicted octanol–water partition coefficient (Wildman–Crippen LogP) is 3.12. The second-order valence-corrected chi connectivity index (χ2v) is 6.01. The first-order valence-electron chi connectivity index (χ1n) is 6.61. The van der Waals surface area contributed by atoms with Crippen LogP contribution in [-0.2, 0) is 14.3 Å². The highest BCUT2D eigenvalue weighted by Gasteiger charge is 2.46. The summed E-state index contributed by atoms with van der Waals surface area (Å²) < 4.78 is 5.55. The summed E-state index contributed by atoms with van der Waals surface area (Å²) in [6.07, 6.45) is 8.53. The van der Waals surface area contributed by atoms with Crippen molar-refractivity contribution in [3.63, 3.8) is 0 Å². The lowest BCUT2D eigenvalue weighted by molar-refractivity contribution is -0.151. The molecule has 1 atom stereocenters. The number of ether oxygens (including phenoxy) is 1. The van der Waals surface area contributed by atoms with Crippen LogP contribution in [-0.4, -0.2) is 17.4 Å². The third kappa shape index (κ3) is 2.42. The molecule has 1 heterocycles. The van der Waals surface area contributed by atoms with E-state index < -0.39 is 11.0 Å². The molecule has 3 heteroatoms. The van der Waals surface area contributed by atoms with Gasteiger partial charge >= 0.3 is 5.97 Å². The molecule has 0 aromatic heterocycles. The fraction of sp³-hybridized carbons (Fsp3) is 0.500. The molecule has 0 radical (unpaired) electrons. The maximum Gasteiger partial charge on any atom is 0.334 e. The van der Waals surface area contributed by atoms with E-state index in [9.17, 15) is 9.59 Å². The van der Waals surface area contributed by atoms with Gasteiger partial charge in [-0.25, -0.2) is 4.79 Å². The third-order valence-electron chi connectivity index (χ3n) is 4.20. The van der Waals surface area contributed by atoms with E-state index in [1.807, 2.05) is 45.9 Å². The Kier molecular flexibility index (Phi) is 3.25. The molecule has 0 aromatic carbocycles. The Balaban J connectivity index is 2.47. The summed E-state index contributed by atoms with van der Waals surface area (Å²) >= 11 is 0. The van der Waals surface area contributed by atoms with Gasteiger partial charge in [0.25, 0.3) is 0 Å². The molecule has 3 nitrogen and oxygen atoms in total. The zero-order chi connectivity index (χ0) is 14.3. The molecular weight excluding hydrogens is 240 g/mol. The molecule has 0 aromatic rings. The predicted molar refractivity (Wildman–Crippen MR) is 73.5 cm³/mol. The normalized spacial score (nSPS) is 34.7. The molecule has 0 N–H and O–H groups in total. The second-order valence-electron chi connectivity index (χ2n) is 6.01. The van der Waals surface area contributed by atoms with Crippen molar-refractivity contribution in [3.8, 4) is 0 Å². The Labute approximate surface area is 114 Å². The molecule has 0 fully saturated rings. The molecule has 102 valence electrons. The molecular formula is C16H20O3. The van der Waals surface area contributed by atoms with Gasteiger partial charge in [-0.3, -0.25) is 4.79 Å². The standard InChI is InChI=1S/C16H20O3/c1-11-6-5-7-12-10-16(4,19-14(12)18)15(2,3)9-8-13(11)17/h6,8-10H,5,7H2,1-4H3/b9-8+,11-6-/t16-/m0/s1. The average molecular weight is 260 g/mol. The molecule has 0 saturated heterocycles. The first kappa shape index (κ1) is 13.8. The number of ketones is 1. The monoisotopic (exact) mass is 260 g/mol. The molecule has 1 aliphatic carbocycles. The largest absolute Gasteiger partial charge is 0.451 e. The van der Waals surface area contributed by atoms with Crippen molar-refractivity contribution < 1.29 is 14.3 Å². The van der Waals surface area contributed by atoms with Crippen LogP contribution < -0.4 is 0 Å². The van der Waals surface area contributed by atoms with Crippen LogP contribution in [0.5, 0.6) is 0 Å². The van der Waals surface area contributed by atoms with E-state index >= 15 is 0 Å². The van der Waals surface area contributed by atoms with Crippen molar-refractivity contribution in [3.05, 3.63) is 35.5 Å². The van der Waals surface area contributed by atoms with Crippen molar-refractivity contribution >= 4 is 11.8 Å². The van der Waals surface area contributed by atoms with Gasteiger partial charge < -0.3 is 4.74 Å². The molecule has 2 rings (SSSR count).